The summed E-state index contributed by atoms with van der Waals surface area (Å²) in [5.41, 5.74) is 1.47. The van der Waals surface area contributed by atoms with Crippen LogP contribution in [0.5, 0.6) is 0 Å². The van der Waals surface area contributed by atoms with E-state index in [1.54, 1.807) is 23.1 Å². The number of anilines is 1. The van der Waals surface area contributed by atoms with Crippen molar-refractivity contribution >= 4 is 29.1 Å². The summed E-state index contributed by atoms with van der Waals surface area (Å²) in [5, 5.41) is 0. The van der Waals surface area contributed by atoms with Gasteiger partial charge in [0.05, 0.1) is 17.4 Å². The summed E-state index contributed by atoms with van der Waals surface area (Å²) in [5.74, 6) is -2.92. The van der Waals surface area contributed by atoms with Gasteiger partial charge in [-0.05, 0) is 18.9 Å². The van der Waals surface area contributed by atoms with Crippen LogP contribution in [-0.2, 0) is 9.59 Å². The fourth-order valence-corrected chi connectivity index (χ4v) is 3.91. The minimum Gasteiger partial charge on any atom is -0.377 e. The van der Waals surface area contributed by atoms with Crippen molar-refractivity contribution in [1.29, 1.82) is 0 Å². The van der Waals surface area contributed by atoms with Gasteiger partial charge in [-0.2, -0.15) is 0 Å². The van der Waals surface area contributed by atoms with Gasteiger partial charge in [0, 0.05) is 38.3 Å². The molecule has 138 valence electrons. The number of rotatable bonds is 5. The summed E-state index contributed by atoms with van der Waals surface area (Å²) in [4.78, 5) is 54.1. The van der Waals surface area contributed by atoms with Gasteiger partial charge in [-0.25, -0.2) is 0 Å². The molecule has 1 saturated heterocycles. The van der Waals surface area contributed by atoms with Crippen molar-refractivity contribution in [3.8, 4) is 0 Å². The molecule has 0 spiro atoms. The Balaban J connectivity index is 1.94. The zero-order valence-electron chi connectivity index (χ0n) is 15.4. The minimum absolute atomic E-state index is 0.202. The molecule has 1 aliphatic heterocycles. The van der Waals surface area contributed by atoms with E-state index in [4.69, 9.17) is 0 Å². The lowest BCUT2D eigenvalue weighted by Crippen LogP contribution is -2.49. The molecule has 2 amide bonds. The lowest BCUT2D eigenvalue weighted by atomic mass is 9.81. The van der Waals surface area contributed by atoms with E-state index >= 15 is 0 Å². The van der Waals surface area contributed by atoms with E-state index in [1.807, 2.05) is 21.0 Å². The Labute approximate surface area is 153 Å². The Hall–Kier alpha value is -2.50. The zero-order chi connectivity index (χ0) is 19.0. The normalized spacial score (nSPS) is 22.8. The fraction of sp³-hybridized carbons (Fsp3) is 0.500. The number of ketones is 2. The quantitative estimate of drug-likeness (QED) is 0.598. The Bertz CT molecular complexity index is 784. The average Bonchev–Trinajstić information content (AvgIpc) is 2.86. The molecule has 6 heteroatoms. The Morgan fingerprint density at radius 1 is 1.12 bits per heavy atom. The van der Waals surface area contributed by atoms with Crippen LogP contribution in [0.2, 0.25) is 0 Å². The maximum atomic E-state index is 13.1. The highest BCUT2D eigenvalue weighted by atomic mass is 16.2. The third kappa shape index (κ3) is 2.83. The van der Waals surface area contributed by atoms with Gasteiger partial charge in [-0.1, -0.05) is 25.5 Å². The van der Waals surface area contributed by atoms with E-state index in [-0.39, 0.29) is 36.2 Å². The lowest BCUT2D eigenvalue weighted by Gasteiger charge is -2.32. The molecule has 1 aromatic rings. The first-order valence-corrected chi connectivity index (χ1v) is 9.11. The SMILES string of the molecule is CCCCN1C(=O)CCC([C@H]2C(=O)c3cccc(N(C)C)c3C2=O)C1=O. The van der Waals surface area contributed by atoms with E-state index in [1.165, 1.54) is 4.90 Å². The number of amides is 2. The molecular weight excluding hydrogens is 332 g/mol. The largest absolute Gasteiger partial charge is 0.377 e. The highest BCUT2D eigenvalue weighted by Crippen LogP contribution is 2.40. The summed E-state index contributed by atoms with van der Waals surface area (Å²) in [7, 11) is 3.63. The first kappa shape index (κ1) is 18.3. The van der Waals surface area contributed by atoms with Crippen molar-refractivity contribution in [2.45, 2.75) is 32.6 Å². The number of piperidine rings is 1. The number of imide groups is 1. The highest BCUT2D eigenvalue weighted by Gasteiger charge is 2.50. The molecule has 3 rings (SSSR count). The predicted molar refractivity (Wildman–Crippen MR) is 97.3 cm³/mol. The van der Waals surface area contributed by atoms with E-state index in [0.29, 0.717) is 23.4 Å². The minimum atomic E-state index is -1.00. The molecule has 6 nitrogen and oxygen atoms in total. The Kier molecular flexibility index (Phi) is 4.94. The molecule has 1 unspecified atom stereocenters. The van der Waals surface area contributed by atoms with Crippen molar-refractivity contribution in [1.82, 2.24) is 4.90 Å². The molecule has 0 saturated carbocycles. The van der Waals surface area contributed by atoms with E-state index in [2.05, 4.69) is 0 Å². The number of carbonyl (C=O) groups is 4. The molecule has 1 aromatic carbocycles. The summed E-state index contributed by atoms with van der Waals surface area (Å²) in [6.45, 7) is 2.34. The predicted octanol–water partition coefficient (Wildman–Crippen LogP) is 2.31. The van der Waals surface area contributed by atoms with Crippen LogP contribution in [0.3, 0.4) is 0 Å². The summed E-state index contributed by atoms with van der Waals surface area (Å²) in [6.07, 6.45) is 2.05. The number of unbranched alkanes of at least 4 members (excludes halogenated alkanes) is 1. The molecule has 1 fully saturated rings. The number of nitrogens with zero attached hydrogens (tertiary/aromatic N) is 2. The van der Waals surface area contributed by atoms with Crippen LogP contribution in [0, 0.1) is 11.8 Å². The van der Waals surface area contributed by atoms with E-state index in [9.17, 15) is 19.2 Å². The first-order chi connectivity index (χ1) is 12.4. The maximum Gasteiger partial charge on any atom is 0.233 e. The molecule has 0 N–H and O–H groups in total. The molecule has 1 aliphatic carbocycles. The molecule has 26 heavy (non-hydrogen) atoms. The number of benzene rings is 1. The van der Waals surface area contributed by atoms with Crippen LogP contribution < -0.4 is 4.90 Å². The fourth-order valence-electron chi connectivity index (χ4n) is 3.91. The topological polar surface area (TPSA) is 74.8 Å². The second-order valence-electron chi connectivity index (χ2n) is 7.18. The summed E-state index contributed by atoms with van der Waals surface area (Å²) in [6, 6.07) is 5.20. The first-order valence-electron chi connectivity index (χ1n) is 9.11. The maximum absolute atomic E-state index is 13.1. The monoisotopic (exact) mass is 356 g/mol. The van der Waals surface area contributed by atoms with Crippen LogP contribution in [0.4, 0.5) is 5.69 Å². The number of Topliss-reactive ketones (excluding diaryl/α,β-unsaturated/α-hetero) is 2. The number of hydrogen-bond acceptors (Lipinski definition) is 5. The van der Waals surface area contributed by atoms with Gasteiger partial charge in [0.25, 0.3) is 0 Å². The zero-order valence-corrected chi connectivity index (χ0v) is 15.4. The van der Waals surface area contributed by atoms with Crippen molar-refractivity contribution in [2.75, 3.05) is 25.5 Å². The van der Waals surface area contributed by atoms with Gasteiger partial charge in [0.1, 0.15) is 0 Å². The number of fused-ring (bicyclic) bond motifs is 1. The van der Waals surface area contributed by atoms with Gasteiger partial charge in [0.15, 0.2) is 11.6 Å². The smallest absolute Gasteiger partial charge is 0.233 e. The molecular formula is C20H24N2O4. The highest BCUT2D eigenvalue weighted by molar-refractivity contribution is 6.30. The van der Waals surface area contributed by atoms with Gasteiger partial charge in [-0.15, -0.1) is 0 Å². The van der Waals surface area contributed by atoms with Gasteiger partial charge >= 0.3 is 0 Å². The molecule has 0 bridgehead atoms. The summed E-state index contributed by atoms with van der Waals surface area (Å²) >= 11 is 0. The van der Waals surface area contributed by atoms with Crippen LogP contribution >= 0.6 is 0 Å². The van der Waals surface area contributed by atoms with Crippen molar-refractivity contribution in [3.05, 3.63) is 29.3 Å². The van der Waals surface area contributed by atoms with Crippen LogP contribution in [0.15, 0.2) is 18.2 Å². The number of carbonyl (C=O) groups excluding carboxylic acids is 4. The number of hydrogen-bond donors (Lipinski definition) is 0. The number of likely N-dealkylation sites (tertiary alicyclic amines) is 1. The van der Waals surface area contributed by atoms with Gasteiger partial charge in [0.2, 0.25) is 11.8 Å². The average molecular weight is 356 g/mol. The second kappa shape index (κ2) is 7.02. The standard InChI is InChI=1S/C20H24N2O4/c1-4-5-11-22-15(23)10-9-13(20(22)26)17-18(24)12-7-6-8-14(21(2)3)16(12)19(17)25/h6-8,13,17H,4-5,9-11H2,1-3H3/t13?,17-/m0/s1. The van der Waals surface area contributed by atoms with Gasteiger partial charge in [-0.3, -0.25) is 24.1 Å². The summed E-state index contributed by atoms with van der Waals surface area (Å²) < 4.78 is 0. The molecule has 2 aliphatic rings. The van der Waals surface area contributed by atoms with Gasteiger partial charge < -0.3 is 4.90 Å². The molecule has 0 aromatic heterocycles. The Morgan fingerprint density at radius 2 is 1.85 bits per heavy atom. The molecule has 1 heterocycles. The second-order valence-corrected chi connectivity index (χ2v) is 7.18. The third-order valence-electron chi connectivity index (χ3n) is 5.29. The van der Waals surface area contributed by atoms with Crippen molar-refractivity contribution in [3.63, 3.8) is 0 Å². The molecule has 2 atom stereocenters. The van der Waals surface area contributed by atoms with Crippen molar-refractivity contribution < 1.29 is 19.2 Å². The van der Waals surface area contributed by atoms with E-state index in [0.717, 1.165) is 12.8 Å². The van der Waals surface area contributed by atoms with Crippen LogP contribution in [-0.4, -0.2) is 48.9 Å². The van der Waals surface area contributed by atoms with E-state index < -0.39 is 11.8 Å². The third-order valence-corrected chi connectivity index (χ3v) is 5.29. The Morgan fingerprint density at radius 3 is 2.50 bits per heavy atom. The van der Waals surface area contributed by atoms with Crippen molar-refractivity contribution in [2.24, 2.45) is 11.8 Å². The molecule has 0 radical (unpaired) electrons. The van der Waals surface area contributed by atoms with Crippen LogP contribution in [0.25, 0.3) is 0 Å². The van der Waals surface area contributed by atoms with Crippen LogP contribution in [0.1, 0.15) is 53.3 Å². The lowest BCUT2D eigenvalue weighted by molar-refractivity contribution is -0.152.